The van der Waals surface area contributed by atoms with Crippen molar-refractivity contribution in [2.45, 2.75) is 33.2 Å². The largest absolute Gasteiger partial charge is 0.297 e. The predicted molar refractivity (Wildman–Crippen MR) is 60.4 cm³/mol. The molecule has 1 aliphatic rings. The molecule has 2 rings (SSSR count). The Morgan fingerprint density at radius 3 is 2.71 bits per heavy atom. The maximum atomic E-state index is 4.32. The van der Waals surface area contributed by atoms with E-state index in [0.717, 1.165) is 6.54 Å². The molecule has 0 N–H and O–H groups in total. The van der Waals surface area contributed by atoms with E-state index in [1.165, 1.54) is 30.9 Å². The van der Waals surface area contributed by atoms with E-state index in [0.29, 0.717) is 5.41 Å². The normalized spacial score (nSPS) is 22.4. The van der Waals surface area contributed by atoms with E-state index in [-0.39, 0.29) is 0 Å². The fourth-order valence-electron chi connectivity index (χ4n) is 1.84. The van der Waals surface area contributed by atoms with Gasteiger partial charge >= 0.3 is 0 Å². The smallest absolute Gasteiger partial charge is 0.107 e. The fourth-order valence-corrected chi connectivity index (χ4v) is 2.50. The average molecular weight is 210 g/mol. The number of thiazole rings is 1. The first-order valence-electron chi connectivity index (χ1n) is 5.26. The summed E-state index contributed by atoms with van der Waals surface area (Å²) in [6.45, 7) is 8.24. The summed E-state index contributed by atoms with van der Waals surface area (Å²) in [5, 5.41) is 3.31. The minimum absolute atomic E-state index is 0.555. The summed E-state index contributed by atoms with van der Waals surface area (Å²) in [6, 6.07) is 0. The Morgan fingerprint density at radius 1 is 1.43 bits per heavy atom. The highest BCUT2D eigenvalue weighted by atomic mass is 32.1. The quantitative estimate of drug-likeness (QED) is 0.746. The van der Waals surface area contributed by atoms with E-state index >= 15 is 0 Å². The highest BCUT2D eigenvalue weighted by Gasteiger charge is 2.25. The first kappa shape index (κ1) is 10.1. The fraction of sp³-hybridized carbons (Fsp3) is 0.727. The van der Waals surface area contributed by atoms with Gasteiger partial charge in [-0.25, -0.2) is 4.98 Å². The molecule has 0 aromatic carbocycles. The van der Waals surface area contributed by atoms with E-state index in [9.17, 15) is 0 Å². The van der Waals surface area contributed by atoms with Gasteiger partial charge in [0.15, 0.2) is 0 Å². The van der Waals surface area contributed by atoms with Gasteiger partial charge in [-0.05, 0) is 31.3 Å². The van der Waals surface area contributed by atoms with Crippen LogP contribution in [0.4, 0.5) is 0 Å². The SMILES string of the molecule is CC1(C)CCN(Cc2nccs2)CC1. The van der Waals surface area contributed by atoms with Crippen molar-refractivity contribution in [1.29, 1.82) is 0 Å². The number of aromatic nitrogens is 1. The van der Waals surface area contributed by atoms with Crippen molar-refractivity contribution in [3.8, 4) is 0 Å². The summed E-state index contributed by atoms with van der Waals surface area (Å²) in [5.74, 6) is 0. The van der Waals surface area contributed by atoms with Crippen molar-refractivity contribution in [1.82, 2.24) is 9.88 Å². The number of rotatable bonds is 2. The summed E-state index contributed by atoms with van der Waals surface area (Å²) in [4.78, 5) is 6.84. The van der Waals surface area contributed by atoms with Gasteiger partial charge in [-0.2, -0.15) is 0 Å². The Balaban J connectivity index is 1.85. The zero-order chi connectivity index (χ0) is 10.0. The molecule has 0 unspecified atom stereocenters. The predicted octanol–water partition coefficient (Wildman–Crippen LogP) is 2.77. The van der Waals surface area contributed by atoms with Crippen LogP contribution in [-0.2, 0) is 6.54 Å². The first-order chi connectivity index (χ1) is 6.66. The van der Waals surface area contributed by atoms with Crippen molar-refractivity contribution < 1.29 is 0 Å². The second kappa shape index (κ2) is 3.99. The molecule has 0 saturated carbocycles. The third-order valence-electron chi connectivity index (χ3n) is 3.05. The topological polar surface area (TPSA) is 16.1 Å². The Labute approximate surface area is 90.0 Å². The molecule has 2 nitrogen and oxygen atoms in total. The lowest BCUT2D eigenvalue weighted by atomic mass is 9.83. The summed E-state index contributed by atoms with van der Waals surface area (Å²) < 4.78 is 0. The summed E-state index contributed by atoms with van der Waals surface area (Å²) in [6.07, 6.45) is 4.53. The average Bonchev–Trinajstić information content (AvgIpc) is 2.61. The molecule has 1 aliphatic heterocycles. The number of hydrogen-bond acceptors (Lipinski definition) is 3. The second-order valence-electron chi connectivity index (χ2n) is 4.87. The van der Waals surface area contributed by atoms with Crippen LogP contribution in [0.1, 0.15) is 31.7 Å². The molecule has 1 aromatic heterocycles. The monoisotopic (exact) mass is 210 g/mol. The minimum atomic E-state index is 0.555. The number of nitrogens with zero attached hydrogens (tertiary/aromatic N) is 2. The lowest BCUT2D eigenvalue weighted by molar-refractivity contribution is 0.127. The standard InChI is InChI=1S/C11H18N2S/c1-11(2)3-6-13(7-4-11)9-10-12-5-8-14-10/h5,8H,3-4,6-7,9H2,1-2H3. The molecular weight excluding hydrogens is 192 g/mol. The molecule has 1 fully saturated rings. The van der Waals surface area contributed by atoms with Crippen LogP contribution in [0.25, 0.3) is 0 Å². The van der Waals surface area contributed by atoms with Crippen LogP contribution in [-0.4, -0.2) is 23.0 Å². The molecule has 3 heteroatoms. The molecule has 0 spiro atoms. The maximum absolute atomic E-state index is 4.32. The highest BCUT2D eigenvalue weighted by Crippen LogP contribution is 2.30. The third kappa shape index (κ3) is 2.55. The number of hydrogen-bond donors (Lipinski definition) is 0. The number of likely N-dealkylation sites (tertiary alicyclic amines) is 1. The van der Waals surface area contributed by atoms with Gasteiger partial charge in [0.2, 0.25) is 0 Å². The Bertz CT molecular complexity index is 269. The van der Waals surface area contributed by atoms with Gasteiger partial charge in [-0.15, -0.1) is 11.3 Å². The molecule has 78 valence electrons. The zero-order valence-electron chi connectivity index (χ0n) is 8.99. The zero-order valence-corrected chi connectivity index (χ0v) is 9.81. The van der Waals surface area contributed by atoms with Gasteiger partial charge in [0.1, 0.15) is 5.01 Å². The third-order valence-corrected chi connectivity index (χ3v) is 3.82. The van der Waals surface area contributed by atoms with Crippen molar-refractivity contribution in [2.75, 3.05) is 13.1 Å². The Kier molecular flexibility index (Phi) is 2.88. The minimum Gasteiger partial charge on any atom is -0.297 e. The van der Waals surface area contributed by atoms with Crippen LogP contribution in [0, 0.1) is 5.41 Å². The molecule has 0 aliphatic carbocycles. The van der Waals surface area contributed by atoms with Crippen molar-refractivity contribution in [3.63, 3.8) is 0 Å². The van der Waals surface area contributed by atoms with Crippen LogP contribution >= 0.6 is 11.3 Å². The van der Waals surface area contributed by atoms with Crippen LogP contribution in [0.15, 0.2) is 11.6 Å². The van der Waals surface area contributed by atoms with Crippen LogP contribution in [0.3, 0.4) is 0 Å². The molecule has 14 heavy (non-hydrogen) atoms. The van der Waals surface area contributed by atoms with Gasteiger partial charge in [-0.3, -0.25) is 4.90 Å². The molecule has 2 heterocycles. The van der Waals surface area contributed by atoms with E-state index in [1.807, 2.05) is 6.20 Å². The molecule has 0 amide bonds. The van der Waals surface area contributed by atoms with Crippen LogP contribution in [0.5, 0.6) is 0 Å². The first-order valence-corrected chi connectivity index (χ1v) is 6.14. The molecule has 1 aromatic rings. The summed E-state index contributed by atoms with van der Waals surface area (Å²) in [7, 11) is 0. The van der Waals surface area contributed by atoms with Gasteiger partial charge in [0.05, 0.1) is 6.54 Å². The highest BCUT2D eigenvalue weighted by molar-refractivity contribution is 7.09. The van der Waals surface area contributed by atoms with Crippen molar-refractivity contribution in [2.24, 2.45) is 5.41 Å². The van der Waals surface area contributed by atoms with E-state index in [1.54, 1.807) is 11.3 Å². The van der Waals surface area contributed by atoms with Crippen molar-refractivity contribution in [3.05, 3.63) is 16.6 Å². The van der Waals surface area contributed by atoms with Crippen LogP contribution < -0.4 is 0 Å². The maximum Gasteiger partial charge on any atom is 0.107 e. The molecule has 0 radical (unpaired) electrons. The van der Waals surface area contributed by atoms with E-state index in [4.69, 9.17) is 0 Å². The molecular formula is C11H18N2S. The van der Waals surface area contributed by atoms with Crippen LogP contribution in [0.2, 0.25) is 0 Å². The van der Waals surface area contributed by atoms with Gasteiger partial charge in [-0.1, -0.05) is 13.8 Å². The molecule has 0 atom stereocenters. The lowest BCUT2D eigenvalue weighted by Crippen LogP contribution is -2.36. The van der Waals surface area contributed by atoms with Gasteiger partial charge < -0.3 is 0 Å². The van der Waals surface area contributed by atoms with Gasteiger partial charge in [0, 0.05) is 11.6 Å². The lowest BCUT2D eigenvalue weighted by Gasteiger charge is -2.36. The Morgan fingerprint density at radius 2 is 2.14 bits per heavy atom. The molecule has 0 bridgehead atoms. The van der Waals surface area contributed by atoms with E-state index in [2.05, 4.69) is 29.1 Å². The second-order valence-corrected chi connectivity index (χ2v) is 5.85. The Hall–Kier alpha value is -0.410. The van der Waals surface area contributed by atoms with Crippen molar-refractivity contribution >= 4 is 11.3 Å². The number of piperidine rings is 1. The van der Waals surface area contributed by atoms with E-state index < -0.39 is 0 Å². The molecule has 1 saturated heterocycles. The summed E-state index contributed by atoms with van der Waals surface area (Å²) >= 11 is 1.76. The summed E-state index contributed by atoms with van der Waals surface area (Å²) in [5.41, 5.74) is 0.555. The van der Waals surface area contributed by atoms with Gasteiger partial charge in [0.25, 0.3) is 0 Å².